The SMILES string of the molecule is CCCN(CC(=O)Nc1nnc(-c2cccc(C)c2)s1)C(=O)C[C@H](C)CC(C)(C)C. The molecule has 0 saturated heterocycles. The molecule has 0 saturated carbocycles. The molecule has 2 amide bonds. The van der Waals surface area contributed by atoms with E-state index < -0.39 is 0 Å². The summed E-state index contributed by atoms with van der Waals surface area (Å²) in [6, 6.07) is 8.00. The third kappa shape index (κ3) is 7.86. The second-order valence-electron chi connectivity index (χ2n) is 9.22. The molecule has 2 aromatic rings. The van der Waals surface area contributed by atoms with E-state index in [1.807, 2.05) is 38.1 Å². The maximum absolute atomic E-state index is 12.8. The van der Waals surface area contributed by atoms with Crippen molar-refractivity contribution in [3.8, 4) is 10.6 Å². The minimum absolute atomic E-state index is 0.0291. The van der Waals surface area contributed by atoms with Crippen LogP contribution in [0.4, 0.5) is 5.13 Å². The van der Waals surface area contributed by atoms with E-state index >= 15 is 0 Å². The van der Waals surface area contributed by atoms with Crippen molar-refractivity contribution in [1.82, 2.24) is 15.1 Å². The molecule has 1 aromatic heterocycles. The first-order valence-electron chi connectivity index (χ1n) is 10.6. The predicted octanol–water partition coefficient (Wildman–Crippen LogP) is 5.15. The lowest BCUT2D eigenvalue weighted by Crippen LogP contribution is -2.39. The van der Waals surface area contributed by atoms with Crippen LogP contribution in [0.1, 0.15) is 59.4 Å². The third-order valence-corrected chi connectivity index (χ3v) is 5.49. The van der Waals surface area contributed by atoms with Gasteiger partial charge < -0.3 is 4.90 Å². The molecule has 1 heterocycles. The predicted molar refractivity (Wildman–Crippen MR) is 123 cm³/mol. The number of aryl methyl sites for hydroxylation is 1. The van der Waals surface area contributed by atoms with Crippen molar-refractivity contribution in [2.24, 2.45) is 11.3 Å². The van der Waals surface area contributed by atoms with Crippen molar-refractivity contribution in [1.29, 1.82) is 0 Å². The van der Waals surface area contributed by atoms with Crippen LogP contribution in [-0.2, 0) is 9.59 Å². The fraction of sp³-hybridized carbons (Fsp3) is 0.565. The first-order chi connectivity index (χ1) is 14.1. The Bertz CT molecular complexity index is 857. The van der Waals surface area contributed by atoms with Crippen molar-refractivity contribution in [2.45, 2.75) is 60.8 Å². The van der Waals surface area contributed by atoms with E-state index in [2.05, 4.69) is 43.2 Å². The molecular weight excluding hydrogens is 396 g/mol. The van der Waals surface area contributed by atoms with Gasteiger partial charge in [-0.3, -0.25) is 14.9 Å². The number of nitrogens with zero attached hydrogens (tertiary/aromatic N) is 3. The van der Waals surface area contributed by atoms with Crippen LogP contribution in [0.5, 0.6) is 0 Å². The summed E-state index contributed by atoms with van der Waals surface area (Å²) in [7, 11) is 0. The minimum atomic E-state index is -0.243. The van der Waals surface area contributed by atoms with Gasteiger partial charge in [-0.25, -0.2) is 0 Å². The molecular formula is C23H34N4O2S. The normalized spacial score (nSPS) is 12.5. The van der Waals surface area contributed by atoms with Gasteiger partial charge in [0, 0.05) is 18.5 Å². The quantitative estimate of drug-likeness (QED) is 0.597. The van der Waals surface area contributed by atoms with Gasteiger partial charge in [0.05, 0.1) is 6.54 Å². The number of nitrogens with one attached hydrogen (secondary N) is 1. The molecule has 2 rings (SSSR count). The molecule has 0 aliphatic rings. The molecule has 6 nitrogen and oxygen atoms in total. The highest BCUT2D eigenvalue weighted by atomic mass is 32.1. The van der Waals surface area contributed by atoms with Gasteiger partial charge in [-0.15, -0.1) is 10.2 Å². The van der Waals surface area contributed by atoms with Crippen molar-refractivity contribution in [3.05, 3.63) is 29.8 Å². The topological polar surface area (TPSA) is 75.2 Å². The summed E-state index contributed by atoms with van der Waals surface area (Å²) in [6.07, 6.45) is 2.24. The number of hydrogen-bond acceptors (Lipinski definition) is 5. The lowest BCUT2D eigenvalue weighted by molar-refractivity contribution is -0.135. The summed E-state index contributed by atoms with van der Waals surface area (Å²) < 4.78 is 0. The van der Waals surface area contributed by atoms with Crippen molar-refractivity contribution in [3.63, 3.8) is 0 Å². The zero-order valence-electron chi connectivity index (χ0n) is 19.0. The van der Waals surface area contributed by atoms with E-state index in [9.17, 15) is 9.59 Å². The summed E-state index contributed by atoms with van der Waals surface area (Å²) in [4.78, 5) is 27.0. The Balaban J connectivity index is 1.96. The first kappa shape index (κ1) is 24.0. The number of amides is 2. The Labute approximate surface area is 184 Å². The van der Waals surface area contributed by atoms with E-state index in [4.69, 9.17) is 0 Å². The molecule has 0 aliphatic heterocycles. The maximum Gasteiger partial charge on any atom is 0.245 e. The molecule has 0 unspecified atom stereocenters. The molecule has 0 aliphatic carbocycles. The fourth-order valence-electron chi connectivity index (χ4n) is 3.61. The number of benzene rings is 1. The van der Waals surface area contributed by atoms with Crippen molar-refractivity contribution < 1.29 is 9.59 Å². The highest BCUT2D eigenvalue weighted by Gasteiger charge is 2.22. The van der Waals surface area contributed by atoms with E-state index in [1.54, 1.807) is 4.90 Å². The molecule has 1 atom stereocenters. The molecule has 7 heteroatoms. The zero-order chi connectivity index (χ0) is 22.3. The van der Waals surface area contributed by atoms with E-state index in [0.29, 0.717) is 18.1 Å². The summed E-state index contributed by atoms with van der Waals surface area (Å²) in [5, 5.41) is 12.3. The molecule has 1 N–H and O–H groups in total. The second kappa shape index (κ2) is 10.7. The maximum atomic E-state index is 12.8. The largest absolute Gasteiger partial charge is 0.333 e. The van der Waals surface area contributed by atoms with Gasteiger partial charge in [0.15, 0.2) is 0 Å². The lowest BCUT2D eigenvalue weighted by Gasteiger charge is -2.26. The molecule has 1 aromatic carbocycles. The second-order valence-corrected chi connectivity index (χ2v) is 10.2. The molecule has 0 bridgehead atoms. The standard InChI is InChI=1S/C23H34N4O2S/c1-7-11-27(20(29)13-17(3)14-23(4,5)6)15-19(28)24-22-26-25-21(30-22)18-10-8-9-16(2)12-18/h8-10,12,17H,7,11,13-15H2,1-6H3,(H,24,26,28)/t17-/m0/s1. The molecule has 30 heavy (non-hydrogen) atoms. The van der Waals surface area contributed by atoms with Gasteiger partial charge in [-0.05, 0) is 37.2 Å². The number of hydrogen-bond donors (Lipinski definition) is 1. The number of aromatic nitrogens is 2. The van der Waals surface area contributed by atoms with Crippen LogP contribution >= 0.6 is 11.3 Å². The molecule has 0 radical (unpaired) electrons. The monoisotopic (exact) mass is 430 g/mol. The van der Waals surface area contributed by atoms with Gasteiger partial charge >= 0.3 is 0 Å². The summed E-state index contributed by atoms with van der Waals surface area (Å²) >= 11 is 1.33. The van der Waals surface area contributed by atoms with E-state index in [0.717, 1.165) is 29.0 Å². The lowest BCUT2D eigenvalue weighted by atomic mass is 9.84. The number of rotatable bonds is 9. The van der Waals surface area contributed by atoms with Crippen LogP contribution in [-0.4, -0.2) is 40.0 Å². The number of carbonyl (C=O) groups is 2. The Morgan fingerprint density at radius 2 is 1.97 bits per heavy atom. The number of carbonyl (C=O) groups excluding carboxylic acids is 2. The fourth-order valence-corrected chi connectivity index (χ4v) is 4.36. The van der Waals surface area contributed by atoms with Crippen molar-refractivity contribution >= 4 is 28.3 Å². The van der Waals surface area contributed by atoms with Gasteiger partial charge in [-0.2, -0.15) is 0 Å². The highest BCUT2D eigenvalue weighted by Crippen LogP contribution is 2.27. The Hall–Kier alpha value is -2.28. The van der Waals surface area contributed by atoms with E-state index in [1.165, 1.54) is 11.3 Å². The van der Waals surface area contributed by atoms with Crippen LogP contribution in [0, 0.1) is 18.3 Å². The summed E-state index contributed by atoms with van der Waals surface area (Å²) in [5.41, 5.74) is 2.30. The Morgan fingerprint density at radius 3 is 2.60 bits per heavy atom. The Kier molecular flexibility index (Phi) is 8.53. The smallest absolute Gasteiger partial charge is 0.245 e. The molecule has 0 fully saturated rings. The highest BCUT2D eigenvalue weighted by molar-refractivity contribution is 7.18. The summed E-state index contributed by atoms with van der Waals surface area (Å²) in [5.74, 6) is 0.0636. The van der Waals surface area contributed by atoms with Gasteiger partial charge in [0.2, 0.25) is 16.9 Å². The van der Waals surface area contributed by atoms with Gasteiger partial charge in [0.1, 0.15) is 5.01 Å². The van der Waals surface area contributed by atoms with Gasteiger partial charge in [0.25, 0.3) is 0 Å². The van der Waals surface area contributed by atoms with Crippen LogP contribution in [0.15, 0.2) is 24.3 Å². The first-order valence-corrected chi connectivity index (χ1v) is 11.4. The molecule has 0 spiro atoms. The Morgan fingerprint density at radius 1 is 1.23 bits per heavy atom. The van der Waals surface area contributed by atoms with E-state index in [-0.39, 0.29) is 29.7 Å². The van der Waals surface area contributed by atoms with Gasteiger partial charge in [-0.1, -0.05) is 69.7 Å². The zero-order valence-corrected chi connectivity index (χ0v) is 19.8. The van der Waals surface area contributed by atoms with Crippen LogP contribution in [0.2, 0.25) is 0 Å². The average molecular weight is 431 g/mol. The average Bonchev–Trinajstić information content (AvgIpc) is 3.08. The third-order valence-electron chi connectivity index (χ3n) is 4.60. The van der Waals surface area contributed by atoms with Crippen LogP contribution in [0.3, 0.4) is 0 Å². The number of anilines is 1. The van der Waals surface area contributed by atoms with Crippen molar-refractivity contribution in [2.75, 3.05) is 18.4 Å². The van der Waals surface area contributed by atoms with Crippen LogP contribution in [0.25, 0.3) is 10.6 Å². The molecule has 164 valence electrons. The minimum Gasteiger partial charge on any atom is -0.333 e. The summed E-state index contributed by atoms with van der Waals surface area (Å²) in [6.45, 7) is 13.3. The van der Waals surface area contributed by atoms with Crippen LogP contribution < -0.4 is 5.32 Å².